The number of rotatable bonds is 5. The molecular weight excluding hydrogens is 227 g/mol. The average molecular weight is 250 g/mol. The number of carbonyl (C=O) groups excluding carboxylic acids is 1. The van der Waals surface area contributed by atoms with E-state index >= 15 is 0 Å². The maximum absolute atomic E-state index is 10.7. The predicted octanol–water partition coefficient (Wildman–Crippen LogP) is 3.17. The topological polar surface area (TPSA) is 35.5 Å². The van der Waals surface area contributed by atoms with Gasteiger partial charge in [-0.15, -0.1) is 0 Å². The molecule has 0 bridgehead atoms. The lowest BCUT2D eigenvalue weighted by atomic mass is 9.85. The molecule has 0 aromatic carbocycles. The molecule has 0 N–H and O–H groups in total. The number of carbonyl (C=O) groups is 1. The number of hydrogen-bond acceptors (Lipinski definition) is 3. The third kappa shape index (κ3) is 4.11. The molecule has 0 aromatic rings. The van der Waals surface area contributed by atoms with Gasteiger partial charge >= 0.3 is 7.12 Å². The molecular formula is C14H23BO3. The van der Waals surface area contributed by atoms with Crippen LogP contribution in [0.4, 0.5) is 0 Å². The van der Waals surface area contributed by atoms with E-state index in [1.165, 1.54) is 0 Å². The first-order chi connectivity index (χ1) is 8.24. The molecule has 1 aliphatic rings. The minimum atomic E-state index is -0.264. The molecule has 1 rings (SSSR count). The Morgan fingerprint density at radius 3 is 2.11 bits per heavy atom. The van der Waals surface area contributed by atoms with Crippen molar-refractivity contribution in [1.29, 1.82) is 0 Å². The van der Waals surface area contributed by atoms with E-state index in [1.807, 2.05) is 45.9 Å². The van der Waals surface area contributed by atoms with Gasteiger partial charge in [0.2, 0.25) is 0 Å². The van der Waals surface area contributed by atoms with Gasteiger partial charge in [0.1, 0.15) is 0 Å². The summed E-state index contributed by atoms with van der Waals surface area (Å²) in [6.45, 7) is 9.74. The van der Waals surface area contributed by atoms with Crippen molar-refractivity contribution in [2.24, 2.45) is 0 Å². The lowest BCUT2D eigenvalue weighted by molar-refractivity contribution is -0.112. The van der Waals surface area contributed by atoms with E-state index in [0.717, 1.165) is 12.7 Å². The number of hydrogen-bond donors (Lipinski definition) is 0. The lowest BCUT2D eigenvalue weighted by Crippen LogP contribution is -2.41. The van der Waals surface area contributed by atoms with E-state index in [1.54, 1.807) is 13.0 Å². The largest absolute Gasteiger partial charge is 0.461 e. The van der Waals surface area contributed by atoms with E-state index in [0.29, 0.717) is 0 Å². The molecule has 1 saturated heterocycles. The summed E-state index contributed by atoms with van der Waals surface area (Å²) in [5.41, 5.74) is -0.528. The fraction of sp³-hybridized carbons (Fsp3) is 0.643. The smallest absolute Gasteiger partial charge is 0.403 e. The summed E-state index contributed by atoms with van der Waals surface area (Å²) >= 11 is 0. The summed E-state index contributed by atoms with van der Waals surface area (Å²) < 4.78 is 11.7. The first kappa shape index (κ1) is 15.2. The molecule has 18 heavy (non-hydrogen) atoms. The Balaban J connectivity index is 2.34. The molecule has 0 atom stereocenters. The Bertz CT molecular complexity index is 340. The van der Waals surface area contributed by atoms with Crippen LogP contribution < -0.4 is 0 Å². The van der Waals surface area contributed by atoms with Crippen LogP contribution in [0.3, 0.4) is 0 Å². The summed E-state index contributed by atoms with van der Waals surface area (Å²) in [5, 5.41) is 0. The SMILES string of the molecule is CC(=O)/C=C/C/C=C\CB1OC(C)(C)C(C)(C)O1. The van der Waals surface area contributed by atoms with Crippen molar-refractivity contribution in [2.45, 2.75) is 58.6 Å². The van der Waals surface area contributed by atoms with Crippen LogP contribution in [0.2, 0.25) is 6.32 Å². The van der Waals surface area contributed by atoms with E-state index in [4.69, 9.17) is 9.31 Å². The summed E-state index contributed by atoms with van der Waals surface area (Å²) in [6.07, 6.45) is 8.99. The van der Waals surface area contributed by atoms with Crippen LogP contribution in [-0.2, 0) is 14.1 Å². The van der Waals surface area contributed by atoms with Crippen molar-refractivity contribution < 1.29 is 14.1 Å². The zero-order valence-corrected chi connectivity index (χ0v) is 12.0. The van der Waals surface area contributed by atoms with Crippen LogP contribution in [0.15, 0.2) is 24.3 Å². The van der Waals surface area contributed by atoms with Gasteiger partial charge in [0.25, 0.3) is 0 Å². The van der Waals surface area contributed by atoms with Gasteiger partial charge < -0.3 is 9.31 Å². The molecule has 1 fully saturated rings. The van der Waals surface area contributed by atoms with Crippen molar-refractivity contribution in [3.05, 3.63) is 24.3 Å². The van der Waals surface area contributed by atoms with Gasteiger partial charge in [-0.1, -0.05) is 18.2 Å². The highest BCUT2D eigenvalue weighted by molar-refractivity contribution is 6.46. The van der Waals surface area contributed by atoms with E-state index in [-0.39, 0.29) is 24.1 Å². The minimum absolute atomic E-state index is 0.0781. The molecule has 0 amide bonds. The normalized spacial score (nSPS) is 22.2. The molecule has 100 valence electrons. The summed E-state index contributed by atoms with van der Waals surface area (Å²) in [7, 11) is -0.178. The standard InChI is InChI=1S/C14H23BO3/c1-12(16)10-8-6-7-9-11-15-17-13(2,3)14(4,5)18-15/h7-10H,6,11H2,1-5H3/b9-7-,10-8+. The highest BCUT2D eigenvalue weighted by Gasteiger charge is 2.50. The Morgan fingerprint density at radius 1 is 1.06 bits per heavy atom. The third-order valence-corrected chi connectivity index (χ3v) is 3.42. The number of ketones is 1. The zero-order valence-electron chi connectivity index (χ0n) is 12.0. The van der Waals surface area contributed by atoms with Crippen molar-refractivity contribution in [1.82, 2.24) is 0 Å². The van der Waals surface area contributed by atoms with Crippen LogP contribution in [0.5, 0.6) is 0 Å². The second-order valence-electron chi connectivity index (χ2n) is 5.64. The highest BCUT2D eigenvalue weighted by Crippen LogP contribution is 2.37. The van der Waals surface area contributed by atoms with Crippen molar-refractivity contribution in [2.75, 3.05) is 0 Å². The molecule has 0 aliphatic carbocycles. The van der Waals surface area contributed by atoms with Crippen molar-refractivity contribution in [3.8, 4) is 0 Å². The third-order valence-electron chi connectivity index (χ3n) is 3.42. The van der Waals surface area contributed by atoms with Gasteiger partial charge in [-0.2, -0.15) is 0 Å². The van der Waals surface area contributed by atoms with Crippen molar-refractivity contribution >= 4 is 12.9 Å². The fourth-order valence-corrected chi connectivity index (χ4v) is 1.68. The maximum atomic E-state index is 10.7. The first-order valence-electron chi connectivity index (χ1n) is 6.42. The monoisotopic (exact) mass is 250 g/mol. The summed E-state index contributed by atoms with van der Waals surface area (Å²) in [5.74, 6) is 0.0781. The second-order valence-corrected chi connectivity index (χ2v) is 5.64. The van der Waals surface area contributed by atoms with Gasteiger partial charge in [0.05, 0.1) is 11.2 Å². The van der Waals surface area contributed by atoms with Crippen LogP contribution in [0, 0.1) is 0 Å². The Hall–Kier alpha value is -0.865. The van der Waals surface area contributed by atoms with Crippen LogP contribution in [0.25, 0.3) is 0 Å². The van der Waals surface area contributed by atoms with Gasteiger partial charge in [-0.25, -0.2) is 0 Å². The Morgan fingerprint density at radius 2 is 1.61 bits per heavy atom. The quantitative estimate of drug-likeness (QED) is 0.427. The van der Waals surface area contributed by atoms with Gasteiger partial charge in [0.15, 0.2) is 5.78 Å². The lowest BCUT2D eigenvalue weighted by Gasteiger charge is -2.32. The van der Waals surface area contributed by atoms with Gasteiger partial charge in [0, 0.05) is 6.32 Å². The van der Waals surface area contributed by atoms with Crippen LogP contribution in [-0.4, -0.2) is 24.1 Å². The van der Waals surface area contributed by atoms with Gasteiger partial charge in [-0.3, -0.25) is 4.79 Å². The van der Waals surface area contributed by atoms with Crippen LogP contribution >= 0.6 is 0 Å². The van der Waals surface area contributed by atoms with E-state index in [9.17, 15) is 4.79 Å². The molecule has 1 heterocycles. The van der Waals surface area contributed by atoms with Crippen molar-refractivity contribution in [3.63, 3.8) is 0 Å². The average Bonchev–Trinajstić information content (AvgIpc) is 2.40. The maximum Gasteiger partial charge on any atom is 0.461 e. The minimum Gasteiger partial charge on any atom is -0.403 e. The molecule has 0 saturated carbocycles. The van der Waals surface area contributed by atoms with E-state index in [2.05, 4.69) is 0 Å². The Labute approximate surface area is 110 Å². The number of allylic oxidation sites excluding steroid dienone is 4. The molecule has 0 radical (unpaired) electrons. The molecule has 0 unspecified atom stereocenters. The zero-order chi connectivity index (χ0) is 13.8. The highest BCUT2D eigenvalue weighted by atomic mass is 16.7. The molecule has 0 aromatic heterocycles. The summed E-state index contributed by atoms with van der Waals surface area (Å²) in [4.78, 5) is 10.7. The Kier molecular flexibility index (Phi) is 4.94. The molecule has 4 heteroatoms. The van der Waals surface area contributed by atoms with Gasteiger partial charge in [-0.05, 0) is 47.1 Å². The predicted molar refractivity (Wildman–Crippen MR) is 74.5 cm³/mol. The van der Waals surface area contributed by atoms with E-state index < -0.39 is 0 Å². The summed E-state index contributed by atoms with van der Waals surface area (Å²) in [6, 6.07) is 0. The molecule has 1 aliphatic heterocycles. The first-order valence-corrected chi connectivity index (χ1v) is 6.42. The van der Waals surface area contributed by atoms with Crippen LogP contribution in [0.1, 0.15) is 41.0 Å². The molecule has 0 spiro atoms. The molecule has 3 nitrogen and oxygen atoms in total. The second kappa shape index (κ2) is 5.85. The fourth-order valence-electron chi connectivity index (χ4n) is 1.68.